The highest BCUT2D eigenvalue weighted by atomic mass is 16.8. The number of hydrogen-bond donors (Lipinski definition) is 0. The standard InChI is InChI=1S/C8H7NO6/c1-8(3-9)5(14-7(11)15-8)4-2-12-6(10)13-4/h4-5H,2H2,1H3. The number of hydrogen-bond acceptors (Lipinski definition) is 7. The molecule has 2 saturated heterocycles. The summed E-state index contributed by atoms with van der Waals surface area (Å²) in [5, 5.41) is 8.85. The van der Waals surface area contributed by atoms with E-state index < -0.39 is 30.1 Å². The van der Waals surface area contributed by atoms with Crippen LogP contribution in [-0.4, -0.2) is 36.7 Å². The Balaban J connectivity index is 2.18. The zero-order valence-electron chi connectivity index (χ0n) is 7.76. The van der Waals surface area contributed by atoms with Gasteiger partial charge in [0.05, 0.1) is 0 Å². The zero-order chi connectivity index (χ0) is 11.1. The van der Waals surface area contributed by atoms with Gasteiger partial charge in [-0.15, -0.1) is 0 Å². The number of nitriles is 1. The molecule has 2 heterocycles. The fourth-order valence-corrected chi connectivity index (χ4v) is 1.48. The lowest BCUT2D eigenvalue weighted by Crippen LogP contribution is -2.44. The SMILES string of the molecule is CC1(C#N)OC(=O)OC1C1COC(=O)O1. The monoisotopic (exact) mass is 213 g/mol. The smallest absolute Gasteiger partial charge is 0.430 e. The molecule has 2 aliphatic heterocycles. The summed E-state index contributed by atoms with van der Waals surface area (Å²) in [6.07, 6.45) is -3.55. The third kappa shape index (κ3) is 1.44. The molecule has 0 aliphatic carbocycles. The van der Waals surface area contributed by atoms with Crippen LogP contribution in [0.2, 0.25) is 0 Å². The van der Waals surface area contributed by atoms with Gasteiger partial charge in [-0.3, -0.25) is 0 Å². The molecule has 3 atom stereocenters. The summed E-state index contributed by atoms with van der Waals surface area (Å²) in [6, 6.07) is 1.80. The molecular weight excluding hydrogens is 206 g/mol. The molecule has 80 valence electrons. The van der Waals surface area contributed by atoms with Crippen LogP contribution >= 0.6 is 0 Å². The number of cyclic esters (lactones) is 4. The molecule has 0 radical (unpaired) electrons. The normalized spacial score (nSPS) is 38.7. The quantitative estimate of drug-likeness (QED) is 0.579. The summed E-state index contributed by atoms with van der Waals surface area (Å²) >= 11 is 0. The average Bonchev–Trinajstić information content (AvgIpc) is 2.71. The molecule has 7 heteroatoms. The van der Waals surface area contributed by atoms with Crippen molar-refractivity contribution in [3.05, 3.63) is 0 Å². The largest absolute Gasteiger partial charge is 0.510 e. The van der Waals surface area contributed by atoms with Gasteiger partial charge in [-0.1, -0.05) is 0 Å². The van der Waals surface area contributed by atoms with Crippen LogP contribution in [0.1, 0.15) is 6.92 Å². The van der Waals surface area contributed by atoms with Crippen molar-refractivity contribution >= 4 is 12.3 Å². The number of nitrogens with zero attached hydrogens (tertiary/aromatic N) is 1. The molecule has 0 bridgehead atoms. The first kappa shape index (κ1) is 9.58. The number of ether oxygens (including phenoxy) is 4. The van der Waals surface area contributed by atoms with Crippen LogP contribution in [0.3, 0.4) is 0 Å². The highest BCUT2D eigenvalue weighted by Gasteiger charge is 2.55. The highest BCUT2D eigenvalue weighted by molar-refractivity contribution is 5.66. The molecule has 15 heavy (non-hydrogen) atoms. The second-order valence-corrected chi connectivity index (χ2v) is 3.33. The number of carbonyl (C=O) groups excluding carboxylic acids is 2. The van der Waals surface area contributed by atoms with Gasteiger partial charge < -0.3 is 18.9 Å². The lowest BCUT2D eigenvalue weighted by atomic mass is 9.97. The van der Waals surface area contributed by atoms with Gasteiger partial charge in [-0.05, 0) is 6.92 Å². The van der Waals surface area contributed by atoms with E-state index in [1.807, 2.05) is 0 Å². The molecule has 3 unspecified atom stereocenters. The van der Waals surface area contributed by atoms with Crippen LogP contribution in [0.15, 0.2) is 0 Å². The molecule has 0 aromatic carbocycles. The Bertz CT molecular complexity index is 361. The first-order valence-electron chi connectivity index (χ1n) is 4.19. The van der Waals surface area contributed by atoms with Crippen LogP contribution in [0.25, 0.3) is 0 Å². The van der Waals surface area contributed by atoms with E-state index in [0.29, 0.717) is 0 Å². The minimum absolute atomic E-state index is 0.0581. The summed E-state index contributed by atoms with van der Waals surface area (Å²) < 4.78 is 18.7. The molecule has 2 aliphatic rings. The van der Waals surface area contributed by atoms with E-state index in [9.17, 15) is 9.59 Å². The lowest BCUT2D eigenvalue weighted by molar-refractivity contribution is 0.00860. The summed E-state index contributed by atoms with van der Waals surface area (Å²) in [4.78, 5) is 21.6. The molecular formula is C8H7NO6. The maximum Gasteiger partial charge on any atom is 0.510 e. The summed E-state index contributed by atoms with van der Waals surface area (Å²) in [5.74, 6) is 0. The highest BCUT2D eigenvalue weighted by Crippen LogP contribution is 2.31. The van der Waals surface area contributed by atoms with Gasteiger partial charge in [0.1, 0.15) is 12.7 Å². The molecule has 2 rings (SSSR count). The van der Waals surface area contributed by atoms with Gasteiger partial charge in [-0.2, -0.15) is 5.26 Å². The van der Waals surface area contributed by atoms with E-state index in [1.165, 1.54) is 6.92 Å². The van der Waals surface area contributed by atoms with Crippen molar-refractivity contribution in [2.75, 3.05) is 6.61 Å². The zero-order valence-corrected chi connectivity index (χ0v) is 7.76. The van der Waals surface area contributed by atoms with Crippen LogP contribution in [-0.2, 0) is 18.9 Å². The Morgan fingerprint density at radius 2 is 2.13 bits per heavy atom. The van der Waals surface area contributed by atoms with Crippen molar-refractivity contribution in [3.8, 4) is 6.07 Å². The van der Waals surface area contributed by atoms with Crippen LogP contribution in [0, 0.1) is 11.3 Å². The van der Waals surface area contributed by atoms with Crippen LogP contribution in [0.4, 0.5) is 9.59 Å². The van der Waals surface area contributed by atoms with Gasteiger partial charge in [-0.25, -0.2) is 9.59 Å². The van der Waals surface area contributed by atoms with Gasteiger partial charge in [0.25, 0.3) is 0 Å². The van der Waals surface area contributed by atoms with Gasteiger partial charge in [0.2, 0.25) is 5.60 Å². The second kappa shape index (κ2) is 3.02. The predicted octanol–water partition coefficient (Wildman–Crippen LogP) is 0.339. The van der Waals surface area contributed by atoms with E-state index in [1.54, 1.807) is 6.07 Å². The fourth-order valence-electron chi connectivity index (χ4n) is 1.48. The Morgan fingerprint density at radius 1 is 1.40 bits per heavy atom. The van der Waals surface area contributed by atoms with Crippen molar-refractivity contribution in [2.45, 2.75) is 24.7 Å². The molecule has 0 aromatic rings. The molecule has 0 spiro atoms. The Hall–Kier alpha value is -1.97. The Kier molecular flexibility index (Phi) is 1.93. The van der Waals surface area contributed by atoms with Gasteiger partial charge in [0.15, 0.2) is 12.2 Å². The minimum Gasteiger partial charge on any atom is -0.430 e. The maximum absolute atomic E-state index is 10.9. The molecule has 2 fully saturated rings. The van der Waals surface area contributed by atoms with Crippen molar-refractivity contribution in [1.29, 1.82) is 5.26 Å². The first-order valence-corrected chi connectivity index (χ1v) is 4.19. The van der Waals surface area contributed by atoms with Gasteiger partial charge >= 0.3 is 12.3 Å². The summed E-state index contributed by atoms with van der Waals surface area (Å²) in [6.45, 7) is 1.33. The first-order chi connectivity index (χ1) is 7.05. The van der Waals surface area contributed by atoms with E-state index in [0.717, 1.165) is 0 Å². The summed E-state index contributed by atoms with van der Waals surface area (Å²) in [5.41, 5.74) is -1.45. The van der Waals surface area contributed by atoms with Gasteiger partial charge in [0, 0.05) is 0 Å². The third-order valence-corrected chi connectivity index (χ3v) is 2.23. The Labute approximate surface area is 84.5 Å². The van der Waals surface area contributed by atoms with Crippen molar-refractivity contribution < 1.29 is 28.5 Å². The summed E-state index contributed by atoms with van der Waals surface area (Å²) in [7, 11) is 0. The fraction of sp³-hybridized carbons (Fsp3) is 0.625. The predicted molar refractivity (Wildman–Crippen MR) is 41.6 cm³/mol. The minimum atomic E-state index is -1.45. The lowest BCUT2D eigenvalue weighted by Gasteiger charge is -2.21. The van der Waals surface area contributed by atoms with E-state index in [-0.39, 0.29) is 6.61 Å². The Morgan fingerprint density at radius 3 is 2.67 bits per heavy atom. The van der Waals surface area contributed by atoms with Crippen LogP contribution in [0.5, 0.6) is 0 Å². The third-order valence-electron chi connectivity index (χ3n) is 2.23. The van der Waals surface area contributed by atoms with E-state index >= 15 is 0 Å². The molecule has 7 nitrogen and oxygen atoms in total. The van der Waals surface area contributed by atoms with E-state index in [2.05, 4.69) is 9.47 Å². The number of carbonyl (C=O) groups is 2. The molecule has 0 saturated carbocycles. The topological polar surface area (TPSA) is 94.9 Å². The number of rotatable bonds is 1. The van der Waals surface area contributed by atoms with E-state index in [4.69, 9.17) is 14.7 Å². The van der Waals surface area contributed by atoms with Crippen molar-refractivity contribution in [1.82, 2.24) is 0 Å². The van der Waals surface area contributed by atoms with Crippen LogP contribution < -0.4 is 0 Å². The molecule has 0 N–H and O–H groups in total. The van der Waals surface area contributed by atoms with Crippen molar-refractivity contribution in [3.63, 3.8) is 0 Å². The van der Waals surface area contributed by atoms with Crippen molar-refractivity contribution in [2.24, 2.45) is 0 Å². The second-order valence-electron chi connectivity index (χ2n) is 3.33. The average molecular weight is 213 g/mol. The maximum atomic E-state index is 10.9. The molecule has 0 amide bonds. The molecule has 0 aromatic heterocycles.